The van der Waals surface area contributed by atoms with E-state index in [2.05, 4.69) is 15.3 Å². The van der Waals surface area contributed by atoms with Gasteiger partial charge in [-0.1, -0.05) is 12.1 Å². The summed E-state index contributed by atoms with van der Waals surface area (Å²) in [5.41, 5.74) is 0.213. The highest BCUT2D eigenvalue weighted by atomic mass is 19.2. The normalized spacial score (nSPS) is 10.9. The van der Waals surface area contributed by atoms with Gasteiger partial charge in [-0.15, -0.1) is 0 Å². The van der Waals surface area contributed by atoms with Crippen molar-refractivity contribution in [1.82, 2.24) is 15.3 Å². The van der Waals surface area contributed by atoms with Crippen molar-refractivity contribution >= 4 is 12.0 Å². The summed E-state index contributed by atoms with van der Waals surface area (Å²) in [4.78, 5) is 19.2. The van der Waals surface area contributed by atoms with Gasteiger partial charge in [0.05, 0.1) is 11.9 Å². The maximum absolute atomic E-state index is 13.5. The number of nitrogens with one attached hydrogen (secondary N) is 1. The average Bonchev–Trinajstić information content (AvgIpc) is 2.50. The molecule has 0 aliphatic carbocycles. The first-order chi connectivity index (χ1) is 10.5. The van der Waals surface area contributed by atoms with Gasteiger partial charge < -0.3 is 5.32 Å². The van der Waals surface area contributed by atoms with Crippen molar-refractivity contribution in [2.75, 3.05) is 0 Å². The van der Waals surface area contributed by atoms with Crippen molar-refractivity contribution in [2.45, 2.75) is 13.5 Å². The summed E-state index contributed by atoms with van der Waals surface area (Å²) < 4.78 is 39.4. The van der Waals surface area contributed by atoms with E-state index in [0.717, 1.165) is 12.1 Å². The monoisotopic (exact) mass is 307 g/mol. The number of amides is 1. The number of nitrogens with zero attached hydrogens (tertiary/aromatic N) is 2. The fourth-order valence-corrected chi connectivity index (χ4v) is 1.70. The minimum Gasteiger partial charge on any atom is -0.346 e. The molecule has 0 spiro atoms. The lowest BCUT2D eigenvalue weighted by molar-refractivity contribution is 0.0940. The highest BCUT2D eigenvalue weighted by molar-refractivity contribution is 5.92. The van der Waals surface area contributed by atoms with E-state index >= 15 is 0 Å². The molecule has 1 aromatic carbocycles. The predicted molar refractivity (Wildman–Crippen MR) is 74.2 cm³/mol. The van der Waals surface area contributed by atoms with Crippen molar-refractivity contribution in [3.05, 3.63) is 65.0 Å². The van der Waals surface area contributed by atoms with Gasteiger partial charge in [0, 0.05) is 6.54 Å². The van der Waals surface area contributed by atoms with E-state index in [9.17, 15) is 18.0 Å². The standard InChI is InChI=1S/C15H12F3N3O/c1-2-3-10-8-19-14(18)13(21-10)15(22)20-7-9-4-5-11(16)12(17)6-9/h2-6,8H,7H2,1H3,(H,20,22)/b3-2+. The van der Waals surface area contributed by atoms with Crippen LogP contribution in [0.2, 0.25) is 0 Å². The summed E-state index contributed by atoms with van der Waals surface area (Å²) in [6, 6.07) is 3.22. The van der Waals surface area contributed by atoms with E-state index in [1.807, 2.05) is 0 Å². The van der Waals surface area contributed by atoms with Crippen LogP contribution in [-0.4, -0.2) is 15.9 Å². The molecule has 1 aromatic heterocycles. The Morgan fingerprint density at radius 3 is 2.73 bits per heavy atom. The number of carbonyl (C=O) groups excluding carboxylic acids is 1. The number of halogens is 3. The lowest BCUT2D eigenvalue weighted by Gasteiger charge is -2.06. The second-order valence-corrected chi connectivity index (χ2v) is 4.37. The fraction of sp³-hybridized carbons (Fsp3) is 0.133. The zero-order valence-corrected chi connectivity index (χ0v) is 11.6. The summed E-state index contributed by atoms with van der Waals surface area (Å²) in [5.74, 6) is -3.80. The highest BCUT2D eigenvalue weighted by Gasteiger charge is 2.15. The van der Waals surface area contributed by atoms with E-state index in [0.29, 0.717) is 11.3 Å². The molecule has 0 aliphatic heterocycles. The molecule has 0 saturated heterocycles. The van der Waals surface area contributed by atoms with E-state index in [-0.39, 0.29) is 6.54 Å². The largest absolute Gasteiger partial charge is 0.346 e. The van der Waals surface area contributed by atoms with Crippen LogP contribution in [0.4, 0.5) is 13.2 Å². The summed E-state index contributed by atoms with van der Waals surface area (Å²) in [6.45, 7) is 1.65. The lowest BCUT2D eigenvalue weighted by atomic mass is 10.2. The number of aromatic nitrogens is 2. The number of hydrogen-bond donors (Lipinski definition) is 1. The Morgan fingerprint density at radius 2 is 2.05 bits per heavy atom. The van der Waals surface area contributed by atoms with Crippen molar-refractivity contribution in [3.63, 3.8) is 0 Å². The Hall–Kier alpha value is -2.70. The second kappa shape index (κ2) is 6.84. The maximum Gasteiger partial charge on any atom is 0.274 e. The zero-order valence-electron chi connectivity index (χ0n) is 11.6. The Labute approximate surface area is 124 Å². The van der Waals surface area contributed by atoms with Gasteiger partial charge in [-0.25, -0.2) is 18.7 Å². The Kier molecular flexibility index (Phi) is 4.88. The molecule has 0 aliphatic rings. The molecule has 1 amide bonds. The third kappa shape index (κ3) is 3.69. The number of hydrogen-bond acceptors (Lipinski definition) is 3. The minimum absolute atomic E-state index is 0.0923. The molecule has 0 bridgehead atoms. The van der Waals surface area contributed by atoms with Gasteiger partial charge in [-0.2, -0.15) is 4.39 Å². The van der Waals surface area contributed by atoms with E-state index in [1.165, 1.54) is 12.3 Å². The van der Waals surface area contributed by atoms with Crippen LogP contribution in [0.25, 0.3) is 6.08 Å². The molecule has 7 heteroatoms. The minimum atomic E-state index is -1.02. The molecular formula is C15H12F3N3O. The summed E-state index contributed by atoms with van der Waals surface area (Å²) >= 11 is 0. The molecule has 0 unspecified atom stereocenters. The number of carbonyl (C=O) groups is 1. The van der Waals surface area contributed by atoms with Gasteiger partial charge in [0.15, 0.2) is 17.3 Å². The number of benzene rings is 1. The Morgan fingerprint density at radius 1 is 1.27 bits per heavy atom. The average molecular weight is 307 g/mol. The maximum atomic E-state index is 13.5. The van der Waals surface area contributed by atoms with Crippen LogP contribution < -0.4 is 5.32 Å². The van der Waals surface area contributed by atoms with E-state index < -0.39 is 29.2 Å². The zero-order chi connectivity index (χ0) is 16.1. The van der Waals surface area contributed by atoms with Crippen LogP contribution in [0.15, 0.2) is 30.5 Å². The highest BCUT2D eigenvalue weighted by Crippen LogP contribution is 2.09. The Bertz CT molecular complexity index is 732. The molecule has 0 fully saturated rings. The number of rotatable bonds is 4. The van der Waals surface area contributed by atoms with Crippen LogP contribution in [0.1, 0.15) is 28.7 Å². The van der Waals surface area contributed by atoms with Gasteiger partial charge >= 0.3 is 0 Å². The quantitative estimate of drug-likeness (QED) is 0.945. The second-order valence-electron chi connectivity index (χ2n) is 4.37. The van der Waals surface area contributed by atoms with Gasteiger partial charge in [0.2, 0.25) is 5.95 Å². The molecule has 1 N–H and O–H groups in total. The molecule has 1 heterocycles. The predicted octanol–water partition coefficient (Wildman–Crippen LogP) is 2.86. The van der Waals surface area contributed by atoms with Crippen molar-refractivity contribution < 1.29 is 18.0 Å². The van der Waals surface area contributed by atoms with Crippen molar-refractivity contribution in [2.24, 2.45) is 0 Å². The summed E-state index contributed by atoms with van der Waals surface area (Å²) in [5, 5.41) is 2.38. The molecule has 2 aromatic rings. The molecule has 22 heavy (non-hydrogen) atoms. The van der Waals surface area contributed by atoms with Gasteiger partial charge in [0.1, 0.15) is 0 Å². The third-order valence-corrected chi connectivity index (χ3v) is 2.74. The summed E-state index contributed by atoms with van der Waals surface area (Å²) in [6.07, 6.45) is 4.44. The first-order valence-electron chi connectivity index (χ1n) is 6.38. The fourth-order valence-electron chi connectivity index (χ4n) is 1.70. The third-order valence-electron chi connectivity index (χ3n) is 2.74. The molecular weight excluding hydrogens is 295 g/mol. The first-order valence-corrected chi connectivity index (χ1v) is 6.38. The van der Waals surface area contributed by atoms with Crippen LogP contribution in [-0.2, 0) is 6.54 Å². The van der Waals surface area contributed by atoms with Crippen LogP contribution in [0.3, 0.4) is 0 Å². The molecule has 2 rings (SSSR count). The van der Waals surface area contributed by atoms with E-state index in [4.69, 9.17) is 0 Å². The lowest BCUT2D eigenvalue weighted by Crippen LogP contribution is -2.25. The van der Waals surface area contributed by atoms with Crippen LogP contribution >= 0.6 is 0 Å². The van der Waals surface area contributed by atoms with Crippen molar-refractivity contribution in [1.29, 1.82) is 0 Å². The SMILES string of the molecule is C/C=C/c1cnc(F)c(C(=O)NCc2ccc(F)c(F)c2)n1. The summed E-state index contributed by atoms with van der Waals surface area (Å²) in [7, 11) is 0. The van der Waals surface area contributed by atoms with Gasteiger partial charge in [0.25, 0.3) is 5.91 Å². The van der Waals surface area contributed by atoms with Crippen LogP contribution in [0.5, 0.6) is 0 Å². The van der Waals surface area contributed by atoms with Gasteiger partial charge in [-0.05, 0) is 30.7 Å². The molecule has 114 valence electrons. The molecule has 4 nitrogen and oxygen atoms in total. The Balaban J connectivity index is 2.11. The van der Waals surface area contributed by atoms with Crippen LogP contribution in [0, 0.1) is 17.6 Å². The van der Waals surface area contributed by atoms with Crippen molar-refractivity contribution in [3.8, 4) is 0 Å². The topological polar surface area (TPSA) is 54.9 Å². The smallest absolute Gasteiger partial charge is 0.274 e. The molecule has 0 atom stereocenters. The first kappa shape index (κ1) is 15.7. The van der Waals surface area contributed by atoms with Gasteiger partial charge in [-0.3, -0.25) is 4.79 Å². The number of allylic oxidation sites excluding steroid dienone is 1. The van der Waals surface area contributed by atoms with E-state index in [1.54, 1.807) is 19.1 Å². The molecule has 0 saturated carbocycles. The molecule has 0 radical (unpaired) electrons.